The van der Waals surface area contributed by atoms with Crippen molar-refractivity contribution >= 4 is 32.7 Å². The molecule has 3 heterocycles. The number of carbonyl (C=O) groups excluding carboxylic acids is 1. The van der Waals surface area contributed by atoms with Crippen LogP contribution in [0.25, 0.3) is 22.6 Å². The van der Waals surface area contributed by atoms with Crippen LogP contribution in [0.3, 0.4) is 0 Å². The summed E-state index contributed by atoms with van der Waals surface area (Å²) in [6.07, 6.45) is 0. The number of nitrogens with zero attached hydrogens (tertiary/aromatic N) is 3. The van der Waals surface area contributed by atoms with Gasteiger partial charge in [0.2, 0.25) is 0 Å². The molecular weight excluding hydrogens is 394 g/mol. The summed E-state index contributed by atoms with van der Waals surface area (Å²) in [5, 5.41) is 0.296. The number of aryl methyl sites for hydroxylation is 1. The molecule has 29 heavy (non-hydrogen) atoms. The number of furan rings is 1. The minimum absolute atomic E-state index is 0.0195. The number of hydrazine groups is 1. The zero-order chi connectivity index (χ0) is 20.8. The number of hydrogen-bond acceptors (Lipinski definition) is 8. The van der Waals surface area contributed by atoms with Crippen LogP contribution >= 0.6 is 0 Å². The van der Waals surface area contributed by atoms with Gasteiger partial charge in [-0.05, 0) is 37.3 Å². The van der Waals surface area contributed by atoms with Gasteiger partial charge in [0.05, 0.1) is 10.3 Å². The van der Waals surface area contributed by atoms with Crippen LogP contribution < -0.4 is 11.3 Å². The lowest BCUT2D eigenvalue weighted by Crippen LogP contribution is -2.18. The van der Waals surface area contributed by atoms with Crippen molar-refractivity contribution in [3.05, 3.63) is 60.0 Å². The van der Waals surface area contributed by atoms with E-state index in [0.717, 1.165) is 3.97 Å². The maximum absolute atomic E-state index is 13.4. The molecule has 0 spiro atoms. The molecule has 3 N–H and O–H groups in total. The molecule has 0 aliphatic rings. The molecular formula is C19H17N5O4S. The third-order valence-electron chi connectivity index (χ3n) is 4.36. The molecule has 0 atom stereocenters. The van der Waals surface area contributed by atoms with Crippen LogP contribution in [-0.2, 0) is 10.0 Å². The smallest absolute Gasteiger partial charge is 0.270 e. The van der Waals surface area contributed by atoms with E-state index in [9.17, 15) is 13.2 Å². The van der Waals surface area contributed by atoms with Gasteiger partial charge in [-0.15, -0.1) is 0 Å². The lowest BCUT2D eigenvalue weighted by Gasteiger charge is -2.11. The predicted octanol–water partition coefficient (Wildman–Crippen LogP) is 2.72. The monoisotopic (exact) mass is 411 g/mol. The van der Waals surface area contributed by atoms with Crippen LogP contribution in [0.5, 0.6) is 0 Å². The topological polar surface area (TPSA) is 133 Å². The predicted molar refractivity (Wildman–Crippen MR) is 107 cm³/mol. The summed E-state index contributed by atoms with van der Waals surface area (Å²) in [7, 11) is -4.11. The summed E-state index contributed by atoms with van der Waals surface area (Å²) in [6, 6.07) is 12.6. The molecule has 10 heteroatoms. The van der Waals surface area contributed by atoms with E-state index in [1.165, 1.54) is 25.1 Å². The second-order valence-electron chi connectivity index (χ2n) is 6.36. The first-order chi connectivity index (χ1) is 13.8. The number of ketones is 1. The fourth-order valence-corrected chi connectivity index (χ4v) is 4.53. The van der Waals surface area contributed by atoms with Gasteiger partial charge in [0.15, 0.2) is 28.8 Å². The van der Waals surface area contributed by atoms with Gasteiger partial charge < -0.3 is 9.84 Å². The minimum Gasteiger partial charge on any atom is -0.458 e. The van der Waals surface area contributed by atoms with E-state index in [0.29, 0.717) is 16.9 Å². The number of nitrogens with two attached hydrogens (primary N) is 1. The zero-order valence-electron chi connectivity index (χ0n) is 15.6. The van der Waals surface area contributed by atoms with Crippen LogP contribution in [0.2, 0.25) is 0 Å². The second kappa shape index (κ2) is 6.83. The summed E-state index contributed by atoms with van der Waals surface area (Å²) >= 11 is 0. The van der Waals surface area contributed by atoms with Crippen LogP contribution in [0, 0.1) is 6.92 Å². The molecule has 3 aromatic heterocycles. The van der Waals surface area contributed by atoms with Crippen LogP contribution in [-0.4, -0.2) is 28.1 Å². The van der Waals surface area contributed by atoms with Gasteiger partial charge >= 0.3 is 0 Å². The van der Waals surface area contributed by atoms with E-state index in [1.807, 2.05) is 0 Å². The number of rotatable bonds is 5. The lowest BCUT2D eigenvalue weighted by molar-refractivity contribution is 0.101. The summed E-state index contributed by atoms with van der Waals surface area (Å²) in [5.41, 5.74) is 2.41. The van der Waals surface area contributed by atoms with E-state index in [4.69, 9.17) is 10.3 Å². The largest absolute Gasteiger partial charge is 0.458 e. The molecule has 0 aliphatic heterocycles. The SMILES string of the molecule is CC(=O)c1cc2c(NN)nc(-c3ccc(C)o3)nc2n1S(=O)(=O)c1ccccc1. The Hall–Kier alpha value is -3.50. The van der Waals surface area contributed by atoms with Gasteiger partial charge in [-0.25, -0.2) is 28.2 Å². The number of hydrogen-bond donors (Lipinski definition) is 2. The molecule has 0 unspecified atom stereocenters. The van der Waals surface area contributed by atoms with Crippen molar-refractivity contribution in [2.45, 2.75) is 18.7 Å². The summed E-state index contributed by atoms with van der Waals surface area (Å²) < 4.78 is 33.2. The van der Waals surface area contributed by atoms with E-state index in [-0.39, 0.29) is 27.9 Å². The molecule has 0 saturated heterocycles. The second-order valence-corrected chi connectivity index (χ2v) is 8.14. The molecule has 148 valence electrons. The van der Waals surface area contributed by atoms with Crippen molar-refractivity contribution in [2.24, 2.45) is 5.84 Å². The third-order valence-corrected chi connectivity index (χ3v) is 6.08. The number of Topliss-reactive ketones (excluding diaryl/α,β-unsaturated/α-hetero) is 1. The van der Waals surface area contributed by atoms with E-state index < -0.39 is 15.8 Å². The summed E-state index contributed by atoms with van der Waals surface area (Å²) in [5.74, 6) is 6.46. The highest BCUT2D eigenvalue weighted by atomic mass is 32.2. The number of nitrogens with one attached hydrogen (secondary N) is 1. The molecule has 0 amide bonds. The highest BCUT2D eigenvalue weighted by Crippen LogP contribution is 2.31. The molecule has 0 aliphatic carbocycles. The number of nitrogen functional groups attached to an aromatic ring is 1. The summed E-state index contributed by atoms with van der Waals surface area (Å²) in [4.78, 5) is 21.0. The first-order valence-electron chi connectivity index (χ1n) is 8.61. The number of carbonyl (C=O) groups is 1. The molecule has 4 rings (SSSR count). The Kier molecular flexibility index (Phi) is 4.44. The maximum Gasteiger partial charge on any atom is 0.270 e. The quantitative estimate of drug-likeness (QED) is 0.291. The first-order valence-corrected chi connectivity index (χ1v) is 10.1. The van der Waals surface area contributed by atoms with E-state index >= 15 is 0 Å². The number of benzene rings is 1. The van der Waals surface area contributed by atoms with Gasteiger partial charge in [-0.1, -0.05) is 18.2 Å². The normalized spacial score (nSPS) is 11.7. The highest BCUT2D eigenvalue weighted by Gasteiger charge is 2.28. The first kappa shape index (κ1) is 18.8. The Morgan fingerprint density at radius 3 is 2.45 bits per heavy atom. The number of aromatic nitrogens is 3. The van der Waals surface area contributed by atoms with Crippen LogP contribution in [0.15, 0.2) is 57.8 Å². The van der Waals surface area contributed by atoms with E-state index in [2.05, 4.69) is 15.4 Å². The Morgan fingerprint density at radius 2 is 1.86 bits per heavy atom. The average molecular weight is 411 g/mol. The minimum atomic E-state index is -4.11. The van der Waals surface area contributed by atoms with Gasteiger partial charge in [0, 0.05) is 6.92 Å². The van der Waals surface area contributed by atoms with Gasteiger partial charge in [0.1, 0.15) is 11.5 Å². The Bertz CT molecular complexity index is 1340. The Morgan fingerprint density at radius 1 is 1.14 bits per heavy atom. The number of anilines is 1. The zero-order valence-corrected chi connectivity index (χ0v) is 16.4. The molecule has 4 aromatic rings. The fraction of sp³-hybridized carbons (Fsp3) is 0.105. The third kappa shape index (κ3) is 3.08. The number of fused-ring (bicyclic) bond motifs is 1. The standard InChI is InChI=1S/C19H17N5O4S/c1-11-8-9-16(28-11)18-21-17(23-20)14-10-15(12(2)25)24(19(14)22-18)29(26,27)13-6-4-3-5-7-13/h3-10H,20H2,1-2H3,(H,21,22,23). The molecule has 0 bridgehead atoms. The van der Waals surface area contributed by atoms with Crippen LogP contribution in [0.1, 0.15) is 23.2 Å². The van der Waals surface area contributed by atoms with Gasteiger partial charge in [-0.3, -0.25) is 4.79 Å². The van der Waals surface area contributed by atoms with Crippen molar-refractivity contribution in [3.8, 4) is 11.6 Å². The summed E-state index contributed by atoms with van der Waals surface area (Å²) in [6.45, 7) is 3.05. The molecule has 1 aromatic carbocycles. The van der Waals surface area contributed by atoms with Crippen LogP contribution in [0.4, 0.5) is 5.82 Å². The van der Waals surface area contributed by atoms with Crippen molar-refractivity contribution in [1.29, 1.82) is 0 Å². The van der Waals surface area contributed by atoms with Crippen molar-refractivity contribution in [2.75, 3.05) is 5.43 Å². The van der Waals surface area contributed by atoms with Crippen molar-refractivity contribution < 1.29 is 17.6 Å². The molecule has 9 nitrogen and oxygen atoms in total. The van der Waals surface area contributed by atoms with Crippen molar-refractivity contribution in [3.63, 3.8) is 0 Å². The Balaban J connectivity index is 2.10. The molecule has 0 radical (unpaired) electrons. The van der Waals surface area contributed by atoms with Gasteiger partial charge in [0.25, 0.3) is 10.0 Å². The van der Waals surface area contributed by atoms with Crippen molar-refractivity contribution in [1.82, 2.24) is 13.9 Å². The highest BCUT2D eigenvalue weighted by molar-refractivity contribution is 7.90. The average Bonchev–Trinajstić information content (AvgIpc) is 3.32. The molecule has 0 saturated carbocycles. The van der Waals surface area contributed by atoms with E-state index in [1.54, 1.807) is 37.3 Å². The molecule has 0 fully saturated rings. The Labute approximate surface area is 166 Å². The van der Waals surface area contributed by atoms with Gasteiger partial charge in [-0.2, -0.15) is 0 Å². The lowest BCUT2D eigenvalue weighted by atomic mass is 10.3. The maximum atomic E-state index is 13.4. The fourth-order valence-electron chi connectivity index (χ4n) is 3.02.